The Kier molecular flexibility index (Phi) is 3.51. The molecule has 0 spiro atoms. The highest BCUT2D eigenvalue weighted by molar-refractivity contribution is 9.10. The fourth-order valence-corrected chi connectivity index (χ4v) is 1.47. The van der Waals surface area contributed by atoms with Crippen LogP contribution < -0.4 is 4.74 Å². The molecule has 0 amide bonds. The lowest BCUT2D eigenvalue weighted by Gasteiger charge is -2.05. The van der Waals surface area contributed by atoms with E-state index in [0.29, 0.717) is 12.4 Å². The minimum atomic E-state index is 0.386. The number of hydrogen-bond acceptors (Lipinski definition) is 3. The van der Waals surface area contributed by atoms with Gasteiger partial charge in [0.2, 0.25) is 0 Å². The van der Waals surface area contributed by atoms with E-state index in [0.717, 1.165) is 10.2 Å². The number of halogens is 1. The third kappa shape index (κ3) is 3.03. The van der Waals surface area contributed by atoms with E-state index in [1.807, 2.05) is 31.2 Å². The zero-order chi connectivity index (χ0) is 11.4. The third-order valence-corrected chi connectivity index (χ3v) is 2.44. The summed E-state index contributed by atoms with van der Waals surface area (Å²) in [5, 5.41) is 0. The second-order valence-electron chi connectivity index (χ2n) is 3.42. The van der Waals surface area contributed by atoms with Crippen molar-refractivity contribution in [3.05, 3.63) is 52.5 Å². The molecule has 1 aromatic carbocycles. The van der Waals surface area contributed by atoms with Crippen LogP contribution in [0.4, 0.5) is 0 Å². The van der Waals surface area contributed by atoms with E-state index in [1.54, 1.807) is 12.4 Å². The summed E-state index contributed by atoms with van der Waals surface area (Å²) < 4.78 is 6.44. The molecule has 0 aliphatic heterocycles. The molecule has 0 fully saturated rings. The second kappa shape index (κ2) is 5.07. The van der Waals surface area contributed by atoms with Gasteiger partial charge >= 0.3 is 0 Å². The van der Waals surface area contributed by atoms with Gasteiger partial charge in [-0.15, -0.1) is 0 Å². The number of benzene rings is 1. The highest BCUT2D eigenvalue weighted by Crippen LogP contribution is 2.13. The third-order valence-electron chi connectivity index (χ3n) is 2.03. The van der Waals surface area contributed by atoms with Crippen LogP contribution in [-0.2, 0) is 6.61 Å². The highest BCUT2D eigenvalue weighted by Gasteiger charge is 1.98. The quantitative estimate of drug-likeness (QED) is 0.865. The smallest absolute Gasteiger partial charge is 0.166 e. The summed E-state index contributed by atoms with van der Waals surface area (Å²) in [6, 6.07) is 7.90. The molecule has 3 nitrogen and oxygen atoms in total. The van der Waals surface area contributed by atoms with Crippen LogP contribution >= 0.6 is 15.9 Å². The second-order valence-corrected chi connectivity index (χ2v) is 4.34. The van der Waals surface area contributed by atoms with E-state index in [4.69, 9.17) is 4.74 Å². The van der Waals surface area contributed by atoms with Crippen molar-refractivity contribution in [1.29, 1.82) is 0 Å². The predicted octanol–water partition coefficient (Wildman–Crippen LogP) is 3.13. The summed E-state index contributed by atoms with van der Waals surface area (Å²) in [6.45, 7) is 2.42. The summed E-state index contributed by atoms with van der Waals surface area (Å²) in [6.07, 6.45) is 3.42. The van der Waals surface area contributed by atoms with E-state index in [1.165, 1.54) is 5.56 Å². The monoisotopic (exact) mass is 278 g/mol. The Hall–Kier alpha value is -1.42. The fourth-order valence-electron chi connectivity index (χ4n) is 1.27. The summed E-state index contributed by atoms with van der Waals surface area (Å²) in [5.41, 5.74) is 1.18. The normalized spacial score (nSPS) is 10.1. The van der Waals surface area contributed by atoms with Gasteiger partial charge in [-0.1, -0.05) is 12.1 Å². The van der Waals surface area contributed by atoms with Crippen molar-refractivity contribution in [2.75, 3.05) is 0 Å². The number of ether oxygens (including phenoxy) is 1. The molecule has 0 radical (unpaired) electrons. The maximum atomic E-state index is 5.57. The van der Waals surface area contributed by atoms with E-state index in [-0.39, 0.29) is 0 Å². The molecule has 1 heterocycles. The summed E-state index contributed by atoms with van der Waals surface area (Å²) >= 11 is 3.29. The molecular weight excluding hydrogens is 268 g/mol. The lowest BCUT2D eigenvalue weighted by atomic mass is 10.2. The molecule has 0 saturated carbocycles. The van der Waals surface area contributed by atoms with Gasteiger partial charge in [0.05, 0.1) is 4.47 Å². The van der Waals surface area contributed by atoms with Crippen LogP contribution in [0, 0.1) is 6.92 Å². The van der Waals surface area contributed by atoms with Gasteiger partial charge in [0.15, 0.2) is 5.82 Å². The Bertz CT molecular complexity index is 471. The molecule has 0 bridgehead atoms. The van der Waals surface area contributed by atoms with Crippen LogP contribution in [0.15, 0.2) is 41.1 Å². The lowest BCUT2D eigenvalue weighted by molar-refractivity contribution is 0.295. The Morgan fingerprint density at radius 1 is 1.25 bits per heavy atom. The Morgan fingerprint density at radius 2 is 2.00 bits per heavy atom. The first-order valence-electron chi connectivity index (χ1n) is 4.90. The SMILES string of the molecule is Cc1cccc(OCc2ncc(Br)cn2)c1. The topological polar surface area (TPSA) is 35.0 Å². The minimum Gasteiger partial charge on any atom is -0.486 e. The van der Waals surface area contributed by atoms with Crippen molar-refractivity contribution in [2.24, 2.45) is 0 Å². The Balaban J connectivity index is 1.99. The lowest BCUT2D eigenvalue weighted by Crippen LogP contribution is -2.00. The van der Waals surface area contributed by atoms with Gasteiger partial charge in [-0.2, -0.15) is 0 Å². The van der Waals surface area contributed by atoms with Gasteiger partial charge in [0.1, 0.15) is 12.4 Å². The standard InChI is InChI=1S/C12H11BrN2O/c1-9-3-2-4-11(5-9)16-8-12-14-6-10(13)7-15-12/h2-7H,8H2,1H3. The number of aryl methyl sites for hydroxylation is 1. The van der Waals surface area contributed by atoms with Gasteiger partial charge in [-0.05, 0) is 40.5 Å². The largest absolute Gasteiger partial charge is 0.486 e. The molecule has 0 N–H and O–H groups in total. The van der Waals surface area contributed by atoms with Crippen molar-refractivity contribution >= 4 is 15.9 Å². The van der Waals surface area contributed by atoms with Gasteiger partial charge in [0, 0.05) is 12.4 Å². The molecule has 0 unspecified atom stereocenters. The van der Waals surface area contributed by atoms with Crippen LogP contribution in [0.3, 0.4) is 0 Å². The van der Waals surface area contributed by atoms with Crippen LogP contribution in [0.25, 0.3) is 0 Å². The van der Waals surface area contributed by atoms with Crippen molar-refractivity contribution in [2.45, 2.75) is 13.5 Å². The molecule has 4 heteroatoms. The number of nitrogens with zero attached hydrogens (tertiary/aromatic N) is 2. The zero-order valence-electron chi connectivity index (χ0n) is 8.85. The van der Waals surface area contributed by atoms with Crippen molar-refractivity contribution in [3.8, 4) is 5.75 Å². The maximum Gasteiger partial charge on any atom is 0.166 e. The van der Waals surface area contributed by atoms with Crippen LogP contribution in [0.2, 0.25) is 0 Å². The summed E-state index contributed by atoms with van der Waals surface area (Å²) in [4.78, 5) is 8.27. The van der Waals surface area contributed by atoms with Crippen molar-refractivity contribution in [3.63, 3.8) is 0 Å². The first-order valence-corrected chi connectivity index (χ1v) is 5.69. The zero-order valence-corrected chi connectivity index (χ0v) is 10.4. The summed E-state index contributed by atoms with van der Waals surface area (Å²) in [5.74, 6) is 1.51. The van der Waals surface area contributed by atoms with E-state index in [9.17, 15) is 0 Å². The van der Waals surface area contributed by atoms with Gasteiger partial charge in [-0.25, -0.2) is 9.97 Å². The Labute approximate surface area is 103 Å². The van der Waals surface area contributed by atoms with Gasteiger partial charge < -0.3 is 4.74 Å². The van der Waals surface area contributed by atoms with Crippen molar-refractivity contribution < 1.29 is 4.74 Å². The molecule has 0 aliphatic rings. The average Bonchev–Trinajstić information content (AvgIpc) is 2.28. The van der Waals surface area contributed by atoms with Gasteiger partial charge in [0.25, 0.3) is 0 Å². The average molecular weight is 279 g/mol. The van der Waals surface area contributed by atoms with Crippen LogP contribution in [0.5, 0.6) is 5.75 Å². The fraction of sp³-hybridized carbons (Fsp3) is 0.167. The first kappa shape index (κ1) is 11.1. The molecular formula is C12H11BrN2O. The molecule has 1 aromatic heterocycles. The molecule has 16 heavy (non-hydrogen) atoms. The molecule has 2 aromatic rings. The molecule has 2 rings (SSSR count). The van der Waals surface area contributed by atoms with Crippen molar-refractivity contribution in [1.82, 2.24) is 9.97 Å². The van der Waals surface area contributed by atoms with E-state index >= 15 is 0 Å². The first-order chi connectivity index (χ1) is 7.74. The maximum absolute atomic E-state index is 5.57. The molecule has 82 valence electrons. The molecule has 0 atom stereocenters. The number of aromatic nitrogens is 2. The number of hydrogen-bond donors (Lipinski definition) is 0. The molecule has 0 saturated heterocycles. The van der Waals surface area contributed by atoms with Gasteiger partial charge in [-0.3, -0.25) is 0 Å². The summed E-state index contributed by atoms with van der Waals surface area (Å²) in [7, 11) is 0. The van der Waals surface area contributed by atoms with Crippen LogP contribution in [-0.4, -0.2) is 9.97 Å². The highest BCUT2D eigenvalue weighted by atomic mass is 79.9. The predicted molar refractivity (Wildman–Crippen MR) is 65.2 cm³/mol. The van der Waals surface area contributed by atoms with E-state index < -0.39 is 0 Å². The minimum absolute atomic E-state index is 0.386. The molecule has 0 aliphatic carbocycles. The Morgan fingerprint density at radius 3 is 2.69 bits per heavy atom. The number of rotatable bonds is 3. The van der Waals surface area contributed by atoms with E-state index in [2.05, 4.69) is 25.9 Å². The van der Waals surface area contributed by atoms with Crippen LogP contribution in [0.1, 0.15) is 11.4 Å².